The van der Waals surface area contributed by atoms with Gasteiger partial charge in [0, 0.05) is 18.5 Å². The largest absolute Gasteiger partial charge is 0.369 e. The molecule has 0 aliphatic rings. The van der Waals surface area contributed by atoms with Crippen LogP contribution in [0.4, 0.5) is 0 Å². The van der Waals surface area contributed by atoms with Crippen LogP contribution in [0.5, 0.6) is 0 Å². The number of hydrogen-bond acceptors (Lipinski definition) is 6. The van der Waals surface area contributed by atoms with Gasteiger partial charge in [-0.15, -0.1) is 0 Å². The molecular formula is C33H44N6O5. The van der Waals surface area contributed by atoms with Crippen LogP contribution in [0.2, 0.25) is 0 Å². The van der Waals surface area contributed by atoms with Gasteiger partial charge in [-0.1, -0.05) is 56.9 Å². The van der Waals surface area contributed by atoms with Crippen molar-refractivity contribution in [3.8, 4) is 0 Å². The Morgan fingerprint density at radius 2 is 1.18 bits per heavy atom. The molecular weight excluding hydrogens is 560 g/mol. The zero-order valence-corrected chi connectivity index (χ0v) is 25.5. The molecule has 2 aromatic heterocycles. The van der Waals surface area contributed by atoms with E-state index < -0.39 is 16.8 Å². The summed E-state index contributed by atoms with van der Waals surface area (Å²) in [5, 5.41) is 4.32. The minimum atomic E-state index is -0.694. The molecule has 11 nitrogen and oxygen atoms in total. The lowest BCUT2D eigenvalue weighted by molar-refractivity contribution is -0.129. The molecule has 1 amide bonds. The SMILES string of the molecule is CCCCCC(CCCCNCCCn1c(=O)[nH]c2ccccc2c1=O)(CCCn1c(=O)[nH]c2ccccc2c1=O)C(N)=O. The van der Waals surface area contributed by atoms with E-state index in [1.54, 1.807) is 48.5 Å². The number of nitrogens with zero attached hydrogens (tertiary/aromatic N) is 2. The number of primary amides is 1. The van der Waals surface area contributed by atoms with Crippen LogP contribution in [0, 0.1) is 5.41 Å². The summed E-state index contributed by atoms with van der Waals surface area (Å²) in [7, 11) is 0. The average Bonchev–Trinajstić information content (AvgIpc) is 3.01. The summed E-state index contributed by atoms with van der Waals surface area (Å²) in [6.07, 6.45) is 7.49. The fourth-order valence-corrected chi connectivity index (χ4v) is 6.04. The van der Waals surface area contributed by atoms with Gasteiger partial charge in [0.05, 0.1) is 21.8 Å². The zero-order chi connectivity index (χ0) is 31.5. The van der Waals surface area contributed by atoms with E-state index in [4.69, 9.17) is 5.73 Å². The van der Waals surface area contributed by atoms with Crippen molar-refractivity contribution in [3.05, 3.63) is 90.2 Å². The Morgan fingerprint density at radius 3 is 1.73 bits per heavy atom. The van der Waals surface area contributed by atoms with Gasteiger partial charge >= 0.3 is 11.4 Å². The fourth-order valence-electron chi connectivity index (χ4n) is 6.04. The molecule has 236 valence electrons. The highest BCUT2D eigenvalue weighted by Crippen LogP contribution is 2.36. The number of H-pyrrole nitrogens is 2. The fraction of sp³-hybridized carbons (Fsp3) is 0.485. The van der Waals surface area contributed by atoms with Gasteiger partial charge in [-0.05, 0) is 75.9 Å². The van der Waals surface area contributed by atoms with E-state index in [0.29, 0.717) is 67.0 Å². The molecule has 0 saturated heterocycles. The summed E-state index contributed by atoms with van der Waals surface area (Å²) < 4.78 is 2.45. The lowest BCUT2D eigenvalue weighted by Gasteiger charge is -2.31. The van der Waals surface area contributed by atoms with E-state index in [1.165, 1.54) is 9.13 Å². The van der Waals surface area contributed by atoms with E-state index in [1.807, 2.05) is 0 Å². The van der Waals surface area contributed by atoms with Gasteiger partial charge in [-0.2, -0.15) is 0 Å². The maximum absolute atomic E-state index is 12.9. The number of aromatic amines is 2. The lowest BCUT2D eigenvalue weighted by Crippen LogP contribution is -2.39. The van der Waals surface area contributed by atoms with Crippen LogP contribution in [-0.4, -0.2) is 38.1 Å². The molecule has 5 N–H and O–H groups in total. The number of fused-ring (bicyclic) bond motifs is 2. The molecule has 1 unspecified atom stereocenters. The van der Waals surface area contributed by atoms with E-state index in [9.17, 15) is 24.0 Å². The van der Waals surface area contributed by atoms with Crippen molar-refractivity contribution in [3.63, 3.8) is 0 Å². The summed E-state index contributed by atoms with van der Waals surface area (Å²) in [6.45, 7) is 4.02. The topological polar surface area (TPSA) is 165 Å². The second-order valence-electron chi connectivity index (χ2n) is 11.6. The number of rotatable bonds is 18. The minimum absolute atomic E-state index is 0.215. The number of hydrogen-bond donors (Lipinski definition) is 4. The first-order valence-corrected chi connectivity index (χ1v) is 15.7. The third kappa shape index (κ3) is 7.82. The predicted molar refractivity (Wildman–Crippen MR) is 174 cm³/mol. The minimum Gasteiger partial charge on any atom is -0.369 e. The Bertz CT molecular complexity index is 1800. The molecule has 4 aromatic rings. The first kappa shape index (κ1) is 32.7. The molecule has 0 bridgehead atoms. The zero-order valence-electron chi connectivity index (χ0n) is 25.5. The molecule has 0 aliphatic carbocycles. The van der Waals surface area contributed by atoms with Crippen molar-refractivity contribution >= 4 is 27.7 Å². The normalized spacial score (nSPS) is 12.9. The Balaban J connectivity index is 1.28. The molecule has 0 radical (unpaired) electrons. The van der Waals surface area contributed by atoms with Crippen LogP contribution in [-0.2, 0) is 17.9 Å². The molecule has 11 heteroatoms. The van der Waals surface area contributed by atoms with Crippen molar-refractivity contribution in [2.45, 2.75) is 84.2 Å². The second kappa shape index (κ2) is 15.5. The summed E-state index contributed by atoms with van der Waals surface area (Å²) >= 11 is 0. The predicted octanol–water partition coefficient (Wildman–Crippen LogP) is 3.38. The van der Waals surface area contributed by atoms with E-state index in [0.717, 1.165) is 38.6 Å². The monoisotopic (exact) mass is 604 g/mol. The number of aromatic nitrogens is 4. The van der Waals surface area contributed by atoms with Crippen LogP contribution in [0.25, 0.3) is 21.8 Å². The summed E-state index contributed by atoms with van der Waals surface area (Å²) in [5.74, 6) is -0.327. The molecule has 4 rings (SSSR count). The molecule has 44 heavy (non-hydrogen) atoms. The lowest BCUT2D eigenvalue weighted by atomic mass is 9.74. The van der Waals surface area contributed by atoms with Gasteiger partial charge in [0.15, 0.2) is 0 Å². The number of amides is 1. The summed E-state index contributed by atoms with van der Waals surface area (Å²) in [6, 6.07) is 13.9. The summed E-state index contributed by atoms with van der Waals surface area (Å²) in [4.78, 5) is 69.0. The van der Waals surface area contributed by atoms with Crippen LogP contribution >= 0.6 is 0 Å². The van der Waals surface area contributed by atoms with Gasteiger partial charge in [0.1, 0.15) is 0 Å². The summed E-state index contributed by atoms with van der Waals surface area (Å²) in [5.41, 5.74) is 4.89. The number of para-hydroxylation sites is 2. The number of carbonyl (C=O) groups excluding carboxylic acids is 1. The quantitative estimate of drug-likeness (QED) is 0.127. The van der Waals surface area contributed by atoms with Crippen molar-refractivity contribution in [1.29, 1.82) is 0 Å². The van der Waals surface area contributed by atoms with Crippen LogP contribution in [0.1, 0.15) is 71.1 Å². The van der Waals surface area contributed by atoms with Crippen molar-refractivity contribution in [1.82, 2.24) is 24.4 Å². The van der Waals surface area contributed by atoms with Gasteiger partial charge < -0.3 is 21.0 Å². The van der Waals surface area contributed by atoms with Crippen LogP contribution in [0.3, 0.4) is 0 Å². The number of nitrogens with two attached hydrogens (primary N) is 1. The maximum Gasteiger partial charge on any atom is 0.328 e. The van der Waals surface area contributed by atoms with Crippen LogP contribution < -0.4 is 33.5 Å². The Hall–Kier alpha value is -4.25. The average molecular weight is 605 g/mol. The second-order valence-corrected chi connectivity index (χ2v) is 11.6. The molecule has 0 fully saturated rings. The highest BCUT2D eigenvalue weighted by Gasteiger charge is 2.35. The number of unbranched alkanes of at least 4 members (excludes halogenated alkanes) is 3. The van der Waals surface area contributed by atoms with E-state index in [2.05, 4.69) is 22.2 Å². The van der Waals surface area contributed by atoms with Gasteiger partial charge in [-0.3, -0.25) is 23.5 Å². The number of carbonyl (C=O) groups is 1. The van der Waals surface area contributed by atoms with Gasteiger partial charge in [0.2, 0.25) is 5.91 Å². The first-order valence-electron chi connectivity index (χ1n) is 15.7. The Morgan fingerprint density at radius 1 is 0.705 bits per heavy atom. The highest BCUT2D eigenvalue weighted by molar-refractivity contribution is 5.80. The molecule has 0 aliphatic heterocycles. The van der Waals surface area contributed by atoms with E-state index >= 15 is 0 Å². The molecule has 2 heterocycles. The maximum atomic E-state index is 12.9. The standard InChI is InChI=1S/C33H44N6O5/c1-2-3-8-17-33(30(34)42,19-11-22-38-28(40)24-13-4-6-15-26(24)36-31(38)43)18-9-10-20-35-21-12-23-39-29(41)25-14-5-7-16-27(25)37-32(39)44/h4-7,13-16,35H,2-3,8-12,17-23H2,1H3,(H2,34,42)(H,36,43)(H,37,44). The first-order chi connectivity index (χ1) is 21.3. The Kier molecular flexibility index (Phi) is 11.5. The number of benzene rings is 2. The van der Waals surface area contributed by atoms with Crippen molar-refractivity contribution in [2.75, 3.05) is 13.1 Å². The van der Waals surface area contributed by atoms with Crippen molar-refractivity contribution in [2.24, 2.45) is 11.1 Å². The van der Waals surface area contributed by atoms with Gasteiger partial charge in [-0.25, -0.2) is 9.59 Å². The highest BCUT2D eigenvalue weighted by atomic mass is 16.2. The third-order valence-electron chi connectivity index (χ3n) is 8.59. The third-order valence-corrected chi connectivity index (χ3v) is 8.59. The molecule has 0 saturated carbocycles. The Labute approximate surface area is 255 Å². The molecule has 1 atom stereocenters. The molecule has 2 aromatic carbocycles. The van der Waals surface area contributed by atoms with Gasteiger partial charge in [0.25, 0.3) is 11.1 Å². The van der Waals surface area contributed by atoms with Crippen molar-refractivity contribution < 1.29 is 4.79 Å². The van der Waals surface area contributed by atoms with Crippen LogP contribution in [0.15, 0.2) is 67.7 Å². The molecule has 0 spiro atoms. The van der Waals surface area contributed by atoms with E-state index in [-0.39, 0.29) is 23.6 Å². The smallest absolute Gasteiger partial charge is 0.328 e. The number of nitrogens with one attached hydrogen (secondary N) is 3.